The minimum atomic E-state index is -2.77. The summed E-state index contributed by atoms with van der Waals surface area (Å²) in [6.45, 7) is 0.989. The second kappa shape index (κ2) is 5.07. The average Bonchev–Trinajstić information content (AvgIpc) is 2.19. The van der Waals surface area contributed by atoms with Crippen LogP contribution in [0.25, 0.3) is 0 Å². The van der Waals surface area contributed by atoms with E-state index in [2.05, 4.69) is 10.1 Å². The van der Waals surface area contributed by atoms with Gasteiger partial charge in [0.25, 0.3) is 0 Å². The van der Waals surface area contributed by atoms with Gasteiger partial charge in [-0.3, -0.25) is 0 Å². The van der Waals surface area contributed by atoms with Crippen molar-refractivity contribution in [3.05, 3.63) is 29.3 Å². The molecule has 0 spiro atoms. The van der Waals surface area contributed by atoms with Crippen LogP contribution in [-0.4, -0.2) is 13.7 Å². The number of halogens is 2. The first-order valence-electron chi connectivity index (χ1n) is 4.77. The molecule has 0 radical (unpaired) electrons. The van der Waals surface area contributed by atoms with Gasteiger partial charge in [-0.2, -0.15) is 8.78 Å². The van der Waals surface area contributed by atoms with Gasteiger partial charge in [0, 0.05) is 6.04 Å². The molecule has 0 saturated carbocycles. The van der Waals surface area contributed by atoms with Crippen LogP contribution in [0.3, 0.4) is 0 Å². The molecule has 0 fully saturated rings. The maximum atomic E-state index is 12.0. The van der Waals surface area contributed by atoms with E-state index < -0.39 is 6.61 Å². The highest BCUT2D eigenvalue weighted by molar-refractivity contribution is 5.37. The Morgan fingerprint density at radius 3 is 2.47 bits per heavy atom. The summed E-state index contributed by atoms with van der Waals surface area (Å²) in [6, 6.07) is 5.40. The molecule has 0 amide bonds. The first-order valence-corrected chi connectivity index (χ1v) is 4.77. The Labute approximate surface area is 88.3 Å². The van der Waals surface area contributed by atoms with E-state index in [1.54, 1.807) is 19.1 Å². The van der Waals surface area contributed by atoms with Gasteiger partial charge in [0.15, 0.2) is 0 Å². The van der Waals surface area contributed by atoms with Crippen molar-refractivity contribution < 1.29 is 13.5 Å². The third-order valence-corrected chi connectivity index (χ3v) is 2.35. The molecule has 84 valence electrons. The molecule has 0 heterocycles. The van der Waals surface area contributed by atoms with Crippen LogP contribution in [-0.2, 0) is 0 Å². The lowest BCUT2D eigenvalue weighted by Crippen LogP contribution is -2.12. The zero-order valence-electron chi connectivity index (χ0n) is 9.05. The van der Waals surface area contributed by atoms with E-state index in [-0.39, 0.29) is 11.8 Å². The first kappa shape index (κ1) is 11.9. The number of rotatable bonds is 4. The molecule has 1 rings (SSSR count). The number of aryl methyl sites for hydroxylation is 1. The van der Waals surface area contributed by atoms with Crippen LogP contribution in [0, 0.1) is 6.92 Å². The predicted molar refractivity (Wildman–Crippen MR) is 55.3 cm³/mol. The summed E-state index contributed by atoms with van der Waals surface area (Å²) in [5.41, 5.74) is 1.77. The molecule has 1 unspecified atom stereocenters. The molecule has 2 nitrogen and oxygen atoms in total. The summed E-state index contributed by atoms with van der Waals surface area (Å²) in [7, 11) is 1.85. The highest BCUT2D eigenvalue weighted by atomic mass is 19.3. The predicted octanol–water partition coefficient (Wildman–Crippen LogP) is 2.88. The minimum absolute atomic E-state index is 0.198. The van der Waals surface area contributed by atoms with Crippen molar-refractivity contribution in [1.29, 1.82) is 0 Å². The summed E-state index contributed by atoms with van der Waals surface area (Å²) >= 11 is 0. The second-order valence-electron chi connectivity index (χ2n) is 3.41. The summed E-state index contributed by atoms with van der Waals surface area (Å²) in [5, 5.41) is 3.08. The van der Waals surface area contributed by atoms with Crippen molar-refractivity contribution in [3.8, 4) is 5.75 Å². The van der Waals surface area contributed by atoms with E-state index >= 15 is 0 Å². The molecule has 15 heavy (non-hydrogen) atoms. The SMILES string of the molecule is CNC(C)c1ccc(OC(F)F)c(C)c1. The fourth-order valence-corrected chi connectivity index (χ4v) is 1.34. The van der Waals surface area contributed by atoms with Crippen LogP contribution >= 0.6 is 0 Å². The number of nitrogens with one attached hydrogen (secondary N) is 1. The zero-order chi connectivity index (χ0) is 11.4. The van der Waals surface area contributed by atoms with Crippen LogP contribution in [0.4, 0.5) is 8.78 Å². The van der Waals surface area contributed by atoms with E-state index in [0.29, 0.717) is 0 Å². The molecule has 0 bridgehead atoms. The molecular formula is C11H15F2NO. The van der Waals surface area contributed by atoms with Crippen molar-refractivity contribution in [2.45, 2.75) is 26.5 Å². The quantitative estimate of drug-likeness (QED) is 0.833. The highest BCUT2D eigenvalue weighted by Crippen LogP contribution is 2.23. The Morgan fingerprint density at radius 2 is 2.00 bits per heavy atom. The number of hydrogen-bond donors (Lipinski definition) is 1. The molecule has 0 aromatic heterocycles. The number of hydrogen-bond acceptors (Lipinski definition) is 2. The maximum Gasteiger partial charge on any atom is 0.387 e. The first-order chi connectivity index (χ1) is 7.04. The second-order valence-corrected chi connectivity index (χ2v) is 3.41. The Balaban J connectivity index is 2.88. The van der Waals surface area contributed by atoms with Gasteiger partial charge in [-0.05, 0) is 38.1 Å². The van der Waals surface area contributed by atoms with Crippen molar-refractivity contribution in [2.24, 2.45) is 0 Å². The smallest absolute Gasteiger partial charge is 0.387 e. The van der Waals surface area contributed by atoms with Gasteiger partial charge in [0.2, 0.25) is 0 Å². The topological polar surface area (TPSA) is 21.3 Å². The van der Waals surface area contributed by atoms with Crippen LogP contribution in [0.5, 0.6) is 5.75 Å². The lowest BCUT2D eigenvalue weighted by Gasteiger charge is -2.13. The Kier molecular flexibility index (Phi) is 4.03. The lowest BCUT2D eigenvalue weighted by atomic mass is 10.1. The Hall–Kier alpha value is -1.16. The van der Waals surface area contributed by atoms with Gasteiger partial charge < -0.3 is 10.1 Å². The Morgan fingerprint density at radius 1 is 1.33 bits per heavy atom. The average molecular weight is 215 g/mol. The minimum Gasteiger partial charge on any atom is -0.435 e. The Bertz CT molecular complexity index is 328. The van der Waals surface area contributed by atoms with Crippen molar-refractivity contribution in [1.82, 2.24) is 5.32 Å². The van der Waals surface area contributed by atoms with Gasteiger partial charge in [-0.25, -0.2) is 0 Å². The molecule has 0 saturated heterocycles. The summed E-state index contributed by atoms with van der Waals surface area (Å²) in [6.07, 6.45) is 0. The van der Waals surface area contributed by atoms with Gasteiger partial charge in [-0.1, -0.05) is 12.1 Å². The van der Waals surface area contributed by atoms with E-state index in [1.807, 2.05) is 20.0 Å². The van der Waals surface area contributed by atoms with Crippen LogP contribution in [0.2, 0.25) is 0 Å². The molecule has 0 aliphatic heterocycles. The van der Waals surface area contributed by atoms with Crippen molar-refractivity contribution in [2.75, 3.05) is 7.05 Å². The van der Waals surface area contributed by atoms with Crippen LogP contribution in [0.15, 0.2) is 18.2 Å². The van der Waals surface area contributed by atoms with Gasteiger partial charge >= 0.3 is 6.61 Å². The molecule has 0 aliphatic rings. The summed E-state index contributed by atoms with van der Waals surface area (Å²) in [4.78, 5) is 0. The van der Waals surface area contributed by atoms with Gasteiger partial charge in [0.05, 0.1) is 0 Å². The monoisotopic (exact) mass is 215 g/mol. The molecule has 4 heteroatoms. The van der Waals surface area contributed by atoms with Crippen LogP contribution in [0.1, 0.15) is 24.1 Å². The summed E-state index contributed by atoms with van der Waals surface area (Å²) < 4.78 is 28.3. The van der Waals surface area contributed by atoms with E-state index in [1.165, 1.54) is 0 Å². The standard InChI is InChI=1S/C11H15F2NO/c1-7-6-9(8(2)14-3)4-5-10(7)15-11(12)13/h4-6,8,11,14H,1-3H3. The molecule has 0 aliphatic carbocycles. The molecule has 1 atom stereocenters. The normalized spacial score (nSPS) is 12.9. The number of ether oxygens (including phenoxy) is 1. The van der Waals surface area contributed by atoms with E-state index in [9.17, 15) is 8.78 Å². The number of benzene rings is 1. The molecule has 1 aromatic rings. The third-order valence-electron chi connectivity index (χ3n) is 2.35. The largest absolute Gasteiger partial charge is 0.435 e. The zero-order valence-corrected chi connectivity index (χ0v) is 9.05. The fraction of sp³-hybridized carbons (Fsp3) is 0.455. The highest BCUT2D eigenvalue weighted by Gasteiger charge is 2.09. The summed E-state index contributed by atoms with van der Waals surface area (Å²) in [5.74, 6) is 0.233. The number of alkyl halides is 2. The lowest BCUT2D eigenvalue weighted by molar-refractivity contribution is -0.0503. The van der Waals surface area contributed by atoms with Crippen molar-refractivity contribution in [3.63, 3.8) is 0 Å². The molecule has 1 N–H and O–H groups in total. The van der Waals surface area contributed by atoms with Crippen LogP contribution < -0.4 is 10.1 Å². The van der Waals surface area contributed by atoms with E-state index in [0.717, 1.165) is 11.1 Å². The van der Waals surface area contributed by atoms with Crippen molar-refractivity contribution >= 4 is 0 Å². The van der Waals surface area contributed by atoms with E-state index in [4.69, 9.17) is 0 Å². The molecule has 1 aromatic carbocycles. The van der Waals surface area contributed by atoms with Gasteiger partial charge in [-0.15, -0.1) is 0 Å². The fourth-order valence-electron chi connectivity index (χ4n) is 1.34. The third kappa shape index (κ3) is 3.16. The van der Waals surface area contributed by atoms with Gasteiger partial charge in [0.1, 0.15) is 5.75 Å². The molecular weight excluding hydrogens is 200 g/mol. The maximum absolute atomic E-state index is 12.0.